The summed E-state index contributed by atoms with van der Waals surface area (Å²) in [4.78, 5) is 12.7. The smallest absolute Gasteiger partial charge is 0.221 e. The molecule has 1 aromatic carbocycles. The minimum atomic E-state index is -0.0119. The number of carbonyl (C=O) groups is 1. The molecule has 1 aromatic rings. The standard InChI is InChI=1S/C16H24N2O/c1-14(19)17-16-9-7-15(8-10-16)13-18-11-5-3-2-4-6-12-18/h7-10H,2-6,11-13H2,1H3,(H,17,19)/p+1. The van der Waals surface area contributed by atoms with Gasteiger partial charge in [0.05, 0.1) is 13.1 Å². The number of carbonyl (C=O) groups excluding carboxylic acids is 1. The van der Waals surface area contributed by atoms with E-state index in [9.17, 15) is 4.79 Å². The first-order valence-corrected chi connectivity index (χ1v) is 7.44. The molecule has 2 rings (SSSR count). The molecule has 0 aliphatic carbocycles. The molecule has 0 bridgehead atoms. The van der Waals surface area contributed by atoms with E-state index in [0.717, 1.165) is 12.2 Å². The molecule has 19 heavy (non-hydrogen) atoms. The SMILES string of the molecule is CC(=O)Nc1ccc(C[NH+]2CCCCCCC2)cc1. The number of quaternary nitrogens is 1. The summed E-state index contributed by atoms with van der Waals surface area (Å²) >= 11 is 0. The lowest BCUT2D eigenvalue weighted by molar-refractivity contribution is -0.914. The maximum absolute atomic E-state index is 11.0. The number of nitrogens with one attached hydrogen (secondary N) is 2. The van der Waals surface area contributed by atoms with E-state index < -0.39 is 0 Å². The van der Waals surface area contributed by atoms with E-state index in [1.807, 2.05) is 12.1 Å². The van der Waals surface area contributed by atoms with Crippen LogP contribution in [0.25, 0.3) is 0 Å². The number of rotatable bonds is 3. The first-order valence-electron chi connectivity index (χ1n) is 7.44. The second kappa shape index (κ2) is 7.29. The Kier molecular flexibility index (Phi) is 5.40. The lowest BCUT2D eigenvalue weighted by atomic mass is 10.1. The van der Waals surface area contributed by atoms with Gasteiger partial charge in [-0.15, -0.1) is 0 Å². The summed E-state index contributed by atoms with van der Waals surface area (Å²) < 4.78 is 0. The highest BCUT2D eigenvalue weighted by Crippen LogP contribution is 2.09. The molecule has 0 saturated carbocycles. The van der Waals surface area contributed by atoms with Crippen molar-refractivity contribution >= 4 is 11.6 Å². The first-order chi connectivity index (χ1) is 9.24. The molecule has 1 amide bonds. The Labute approximate surface area is 116 Å². The maximum Gasteiger partial charge on any atom is 0.221 e. The van der Waals surface area contributed by atoms with Crippen LogP contribution in [-0.4, -0.2) is 19.0 Å². The van der Waals surface area contributed by atoms with Crippen LogP contribution in [0.3, 0.4) is 0 Å². The van der Waals surface area contributed by atoms with Crippen LogP contribution in [-0.2, 0) is 11.3 Å². The van der Waals surface area contributed by atoms with E-state index in [2.05, 4.69) is 17.4 Å². The van der Waals surface area contributed by atoms with Crippen molar-refractivity contribution in [1.29, 1.82) is 0 Å². The van der Waals surface area contributed by atoms with Crippen LogP contribution in [0.2, 0.25) is 0 Å². The minimum Gasteiger partial charge on any atom is -0.331 e. The highest BCUT2D eigenvalue weighted by molar-refractivity contribution is 5.88. The van der Waals surface area contributed by atoms with Crippen molar-refractivity contribution in [3.8, 4) is 0 Å². The molecule has 0 atom stereocenters. The van der Waals surface area contributed by atoms with Crippen LogP contribution in [0.4, 0.5) is 5.69 Å². The lowest BCUT2D eigenvalue weighted by Gasteiger charge is -2.21. The average Bonchev–Trinajstić information content (AvgIpc) is 2.34. The molecule has 1 fully saturated rings. The molecular formula is C16H25N2O+. The third-order valence-corrected chi connectivity index (χ3v) is 3.79. The van der Waals surface area contributed by atoms with Crippen molar-refractivity contribution in [2.45, 2.75) is 45.6 Å². The first kappa shape index (κ1) is 14.1. The second-order valence-electron chi connectivity index (χ2n) is 5.57. The number of amides is 1. The Morgan fingerprint density at radius 2 is 1.63 bits per heavy atom. The molecule has 0 radical (unpaired) electrons. The van der Waals surface area contributed by atoms with Gasteiger partial charge in [-0.1, -0.05) is 18.6 Å². The minimum absolute atomic E-state index is 0.0119. The van der Waals surface area contributed by atoms with Gasteiger partial charge in [0.1, 0.15) is 6.54 Å². The Hall–Kier alpha value is -1.35. The van der Waals surface area contributed by atoms with Crippen LogP contribution in [0.5, 0.6) is 0 Å². The van der Waals surface area contributed by atoms with E-state index in [4.69, 9.17) is 0 Å². The summed E-state index contributed by atoms with van der Waals surface area (Å²) in [6, 6.07) is 8.27. The zero-order valence-electron chi connectivity index (χ0n) is 11.9. The molecule has 104 valence electrons. The number of hydrogen-bond acceptors (Lipinski definition) is 1. The largest absolute Gasteiger partial charge is 0.331 e. The molecule has 3 nitrogen and oxygen atoms in total. The van der Waals surface area contributed by atoms with Gasteiger partial charge in [0.25, 0.3) is 0 Å². The zero-order valence-corrected chi connectivity index (χ0v) is 11.9. The lowest BCUT2D eigenvalue weighted by Crippen LogP contribution is -3.10. The van der Waals surface area contributed by atoms with Crippen LogP contribution < -0.4 is 10.2 Å². The number of anilines is 1. The van der Waals surface area contributed by atoms with Crippen molar-refractivity contribution < 1.29 is 9.69 Å². The van der Waals surface area contributed by atoms with Gasteiger partial charge in [-0.05, 0) is 37.8 Å². The summed E-state index contributed by atoms with van der Waals surface area (Å²) in [6.07, 6.45) is 6.92. The highest BCUT2D eigenvalue weighted by atomic mass is 16.1. The molecule has 0 aromatic heterocycles. The van der Waals surface area contributed by atoms with E-state index in [1.54, 1.807) is 4.90 Å². The molecule has 2 N–H and O–H groups in total. The summed E-state index contributed by atoms with van der Waals surface area (Å²) in [7, 11) is 0. The normalized spacial score (nSPS) is 17.5. The summed E-state index contributed by atoms with van der Waals surface area (Å²) in [5.41, 5.74) is 2.25. The van der Waals surface area contributed by atoms with Gasteiger partial charge in [-0.3, -0.25) is 4.79 Å². The molecule has 3 heteroatoms. The maximum atomic E-state index is 11.0. The van der Waals surface area contributed by atoms with Crippen molar-refractivity contribution in [2.75, 3.05) is 18.4 Å². The summed E-state index contributed by atoms with van der Waals surface area (Å²) in [5, 5.41) is 2.81. The second-order valence-corrected chi connectivity index (χ2v) is 5.57. The van der Waals surface area contributed by atoms with Gasteiger partial charge in [0.15, 0.2) is 0 Å². The molecule has 1 saturated heterocycles. The van der Waals surface area contributed by atoms with Crippen LogP contribution in [0.1, 0.15) is 44.6 Å². The van der Waals surface area contributed by atoms with Gasteiger partial charge in [-0.25, -0.2) is 0 Å². The van der Waals surface area contributed by atoms with E-state index in [-0.39, 0.29) is 5.91 Å². The van der Waals surface area contributed by atoms with Crippen LogP contribution >= 0.6 is 0 Å². The third-order valence-electron chi connectivity index (χ3n) is 3.79. The fraction of sp³-hybridized carbons (Fsp3) is 0.562. The molecule has 1 aliphatic rings. The molecule has 0 unspecified atom stereocenters. The van der Waals surface area contributed by atoms with Crippen molar-refractivity contribution in [2.24, 2.45) is 0 Å². The Morgan fingerprint density at radius 3 is 2.21 bits per heavy atom. The number of benzene rings is 1. The molecule has 1 aliphatic heterocycles. The van der Waals surface area contributed by atoms with E-state index in [0.29, 0.717) is 0 Å². The van der Waals surface area contributed by atoms with Gasteiger partial charge in [-0.2, -0.15) is 0 Å². The highest BCUT2D eigenvalue weighted by Gasteiger charge is 2.11. The van der Waals surface area contributed by atoms with Crippen molar-refractivity contribution in [1.82, 2.24) is 0 Å². The fourth-order valence-corrected chi connectivity index (χ4v) is 2.78. The van der Waals surface area contributed by atoms with Gasteiger partial charge in [0, 0.05) is 18.2 Å². The van der Waals surface area contributed by atoms with Crippen molar-refractivity contribution in [3.05, 3.63) is 29.8 Å². The Balaban J connectivity index is 1.88. The monoisotopic (exact) mass is 261 g/mol. The van der Waals surface area contributed by atoms with E-state index >= 15 is 0 Å². The Bertz CT molecular complexity index is 392. The van der Waals surface area contributed by atoms with Crippen LogP contribution in [0, 0.1) is 0 Å². The molecule has 0 spiro atoms. The van der Waals surface area contributed by atoms with E-state index in [1.165, 1.54) is 57.7 Å². The Morgan fingerprint density at radius 1 is 1.05 bits per heavy atom. The molecular weight excluding hydrogens is 236 g/mol. The number of likely N-dealkylation sites (tertiary alicyclic amines) is 1. The topological polar surface area (TPSA) is 33.5 Å². The quantitative estimate of drug-likeness (QED) is 0.857. The predicted octanol–water partition coefficient (Wildman–Crippen LogP) is 1.99. The summed E-state index contributed by atoms with van der Waals surface area (Å²) in [5.74, 6) is -0.0119. The predicted molar refractivity (Wildman–Crippen MR) is 78.2 cm³/mol. The third kappa shape index (κ3) is 5.03. The summed E-state index contributed by atoms with van der Waals surface area (Å²) in [6.45, 7) is 5.25. The molecule has 1 heterocycles. The van der Waals surface area contributed by atoms with Gasteiger partial charge >= 0.3 is 0 Å². The van der Waals surface area contributed by atoms with Crippen molar-refractivity contribution in [3.63, 3.8) is 0 Å². The van der Waals surface area contributed by atoms with Gasteiger partial charge in [0.2, 0.25) is 5.91 Å². The fourth-order valence-electron chi connectivity index (χ4n) is 2.78. The average molecular weight is 261 g/mol. The van der Waals surface area contributed by atoms with Crippen LogP contribution in [0.15, 0.2) is 24.3 Å². The number of hydrogen-bond donors (Lipinski definition) is 2. The van der Waals surface area contributed by atoms with Gasteiger partial charge < -0.3 is 10.2 Å². The zero-order chi connectivity index (χ0) is 13.5.